The van der Waals surface area contributed by atoms with Gasteiger partial charge in [0.1, 0.15) is 12.4 Å². The summed E-state index contributed by atoms with van der Waals surface area (Å²) in [7, 11) is 2.02. The summed E-state index contributed by atoms with van der Waals surface area (Å²) in [6.45, 7) is 5.10. The largest absolute Gasteiger partial charge is 0.491 e. The molecule has 0 unspecified atom stereocenters. The number of halogens is 2. The Hall–Kier alpha value is -0.480. The van der Waals surface area contributed by atoms with Gasteiger partial charge < -0.3 is 10.1 Å². The van der Waals surface area contributed by atoms with E-state index in [1.54, 1.807) is 12.1 Å². The summed E-state index contributed by atoms with van der Waals surface area (Å²) in [5.74, 6) is 1.59. The summed E-state index contributed by atoms with van der Waals surface area (Å²) in [6.07, 6.45) is 3.88. The van der Waals surface area contributed by atoms with Gasteiger partial charge >= 0.3 is 0 Å². The molecule has 1 aromatic carbocycles. The number of nitrogens with zero attached hydrogens (tertiary/aromatic N) is 1. The van der Waals surface area contributed by atoms with Crippen molar-refractivity contribution in [2.75, 3.05) is 39.8 Å². The zero-order valence-corrected chi connectivity index (χ0v) is 14.1. The number of piperidine rings is 1. The minimum absolute atomic E-state index is 0.577. The average Bonchev–Trinajstić information content (AvgIpc) is 2.48. The predicted octanol–water partition coefficient (Wildman–Crippen LogP) is 3.69. The molecular formula is C16H24Cl2N2O. The summed E-state index contributed by atoms with van der Waals surface area (Å²) in [4.78, 5) is 2.47. The number of benzene rings is 1. The van der Waals surface area contributed by atoms with Crippen LogP contribution in [0, 0.1) is 5.92 Å². The first kappa shape index (κ1) is 16.9. The second-order valence-electron chi connectivity index (χ2n) is 5.60. The number of rotatable bonds is 7. The first-order valence-corrected chi connectivity index (χ1v) is 8.39. The maximum absolute atomic E-state index is 6.09. The number of nitrogens with one attached hydrogen (secondary N) is 1. The number of hydrogen-bond donors (Lipinski definition) is 1. The fourth-order valence-electron chi connectivity index (χ4n) is 2.72. The molecule has 0 bridgehead atoms. The van der Waals surface area contributed by atoms with Crippen molar-refractivity contribution in [1.29, 1.82) is 0 Å². The maximum Gasteiger partial charge on any atom is 0.138 e. The lowest BCUT2D eigenvalue weighted by Gasteiger charge is -2.31. The van der Waals surface area contributed by atoms with Crippen molar-refractivity contribution in [3.63, 3.8) is 0 Å². The Kier molecular flexibility index (Phi) is 7.11. The SMILES string of the molecule is CNCCC1CCN(CCOc2ccc(Cl)cc2Cl)CC1. The molecule has 1 aliphatic rings. The Bertz CT molecular complexity index is 434. The van der Waals surface area contributed by atoms with Crippen molar-refractivity contribution in [2.24, 2.45) is 5.92 Å². The van der Waals surface area contributed by atoms with Crippen LogP contribution in [0.1, 0.15) is 19.3 Å². The molecule has 1 fully saturated rings. The van der Waals surface area contributed by atoms with E-state index in [1.807, 2.05) is 13.1 Å². The lowest BCUT2D eigenvalue weighted by atomic mass is 9.93. The molecule has 1 aromatic rings. The highest BCUT2D eigenvalue weighted by atomic mass is 35.5. The quantitative estimate of drug-likeness (QED) is 0.825. The third kappa shape index (κ3) is 5.67. The Balaban J connectivity index is 1.66. The normalized spacial score (nSPS) is 17.1. The van der Waals surface area contributed by atoms with Crippen LogP contribution in [0.4, 0.5) is 0 Å². The van der Waals surface area contributed by atoms with Crippen molar-refractivity contribution >= 4 is 23.2 Å². The van der Waals surface area contributed by atoms with Crippen LogP contribution in [0.3, 0.4) is 0 Å². The highest BCUT2D eigenvalue weighted by molar-refractivity contribution is 6.35. The Morgan fingerprint density at radius 2 is 2.05 bits per heavy atom. The monoisotopic (exact) mass is 330 g/mol. The van der Waals surface area contributed by atoms with Crippen molar-refractivity contribution in [3.8, 4) is 5.75 Å². The van der Waals surface area contributed by atoms with Gasteiger partial charge in [0, 0.05) is 11.6 Å². The van der Waals surface area contributed by atoms with E-state index in [4.69, 9.17) is 27.9 Å². The van der Waals surface area contributed by atoms with Gasteiger partial charge in [0.05, 0.1) is 5.02 Å². The second kappa shape index (κ2) is 8.84. The maximum atomic E-state index is 6.09. The van der Waals surface area contributed by atoms with Crippen LogP contribution < -0.4 is 10.1 Å². The van der Waals surface area contributed by atoms with Crippen LogP contribution in [0.25, 0.3) is 0 Å². The number of hydrogen-bond acceptors (Lipinski definition) is 3. The zero-order valence-electron chi connectivity index (χ0n) is 12.6. The van der Waals surface area contributed by atoms with Crippen LogP contribution in [0.15, 0.2) is 18.2 Å². The minimum Gasteiger partial charge on any atom is -0.491 e. The van der Waals surface area contributed by atoms with Gasteiger partial charge in [0.15, 0.2) is 0 Å². The number of ether oxygens (including phenoxy) is 1. The van der Waals surface area contributed by atoms with Gasteiger partial charge in [0.25, 0.3) is 0 Å². The lowest BCUT2D eigenvalue weighted by molar-refractivity contribution is 0.151. The first-order valence-electron chi connectivity index (χ1n) is 7.64. The van der Waals surface area contributed by atoms with E-state index in [9.17, 15) is 0 Å². The summed E-state index contributed by atoms with van der Waals surface area (Å²) in [6, 6.07) is 5.34. The van der Waals surface area contributed by atoms with Crippen molar-refractivity contribution in [2.45, 2.75) is 19.3 Å². The molecule has 0 atom stereocenters. The van der Waals surface area contributed by atoms with Gasteiger partial charge in [0.2, 0.25) is 0 Å². The third-order valence-electron chi connectivity index (χ3n) is 4.07. The Morgan fingerprint density at radius 3 is 2.71 bits per heavy atom. The van der Waals surface area contributed by atoms with Crippen LogP contribution in [-0.2, 0) is 0 Å². The first-order chi connectivity index (χ1) is 10.2. The van der Waals surface area contributed by atoms with Crippen LogP contribution in [0.2, 0.25) is 10.0 Å². The van der Waals surface area contributed by atoms with E-state index in [0.29, 0.717) is 22.4 Å². The van der Waals surface area contributed by atoms with Gasteiger partial charge in [-0.05, 0) is 70.1 Å². The molecule has 0 saturated carbocycles. The molecule has 0 aliphatic carbocycles. The van der Waals surface area contributed by atoms with E-state index >= 15 is 0 Å². The molecule has 1 N–H and O–H groups in total. The predicted molar refractivity (Wildman–Crippen MR) is 89.7 cm³/mol. The molecule has 21 heavy (non-hydrogen) atoms. The summed E-state index contributed by atoms with van der Waals surface area (Å²) >= 11 is 12.0. The number of likely N-dealkylation sites (tertiary alicyclic amines) is 1. The molecule has 1 saturated heterocycles. The molecule has 5 heteroatoms. The molecule has 1 aliphatic heterocycles. The highest BCUT2D eigenvalue weighted by Gasteiger charge is 2.18. The molecular weight excluding hydrogens is 307 g/mol. The van der Waals surface area contributed by atoms with Crippen LogP contribution >= 0.6 is 23.2 Å². The Morgan fingerprint density at radius 1 is 1.29 bits per heavy atom. The van der Waals surface area contributed by atoms with Gasteiger partial charge in [-0.1, -0.05) is 23.2 Å². The summed E-state index contributed by atoms with van der Waals surface area (Å²) in [5.41, 5.74) is 0. The molecule has 0 aromatic heterocycles. The van der Waals surface area contributed by atoms with Gasteiger partial charge in [-0.15, -0.1) is 0 Å². The molecule has 3 nitrogen and oxygen atoms in total. The lowest BCUT2D eigenvalue weighted by Crippen LogP contribution is -2.37. The van der Waals surface area contributed by atoms with Gasteiger partial charge in [-0.25, -0.2) is 0 Å². The van der Waals surface area contributed by atoms with Crippen molar-refractivity contribution in [1.82, 2.24) is 10.2 Å². The zero-order chi connectivity index (χ0) is 15.1. The van der Waals surface area contributed by atoms with Crippen molar-refractivity contribution in [3.05, 3.63) is 28.2 Å². The second-order valence-corrected chi connectivity index (χ2v) is 6.44. The summed E-state index contributed by atoms with van der Waals surface area (Å²) < 4.78 is 5.74. The average molecular weight is 331 g/mol. The fraction of sp³-hybridized carbons (Fsp3) is 0.625. The van der Waals surface area contributed by atoms with Gasteiger partial charge in [-0.3, -0.25) is 4.90 Å². The molecule has 0 amide bonds. The third-order valence-corrected chi connectivity index (χ3v) is 4.60. The van der Waals surface area contributed by atoms with E-state index < -0.39 is 0 Å². The summed E-state index contributed by atoms with van der Waals surface area (Å²) in [5, 5.41) is 4.44. The molecule has 2 rings (SSSR count). The van der Waals surface area contributed by atoms with E-state index in [1.165, 1.54) is 32.4 Å². The molecule has 0 spiro atoms. The minimum atomic E-state index is 0.577. The van der Waals surface area contributed by atoms with E-state index in [-0.39, 0.29) is 0 Å². The topological polar surface area (TPSA) is 24.5 Å². The highest BCUT2D eigenvalue weighted by Crippen LogP contribution is 2.27. The molecule has 1 heterocycles. The Labute approximate surface area is 137 Å². The molecule has 118 valence electrons. The van der Waals surface area contributed by atoms with Crippen LogP contribution in [0.5, 0.6) is 5.75 Å². The van der Waals surface area contributed by atoms with Crippen molar-refractivity contribution < 1.29 is 4.74 Å². The van der Waals surface area contributed by atoms with Crippen LogP contribution in [-0.4, -0.2) is 44.7 Å². The van der Waals surface area contributed by atoms with Gasteiger partial charge in [-0.2, -0.15) is 0 Å². The smallest absolute Gasteiger partial charge is 0.138 e. The fourth-order valence-corrected chi connectivity index (χ4v) is 3.19. The molecule has 0 radical (unpaired) electrons. The van der Waals surface area contributed by atoms with E-state index in [2.05, 4.69) is 10.2 Å². The standard InChI is InChI=1S/C16H24Cl2N2O/c1-19-7-4-13-5-8-20(9-6-13)10-11-21-16-3-2-14(17)12-15(16)18/h2-3,12-13,19H,4-11H2,1H3. The van der Waals surface area contributed by atoms with E-state index in [0.717, 1.165) is 19.0 Å².